The van der Waals surface area contributed by atoms with Crippen LogP contribution in [0.25, 0.3) is 0 Å². The molecule has 1 aromatic carbocycles. The second-order valence-corrected chi connectivity index (χ2v) is 4.25. The maximum atomic E-state index is 12.9. The number of carbonyl (C=O) groups is 1. The third-order valence-electron chi connectivity index (χ3n) is 2.01. The summed E-state index contributed by atoms with van der Waals surface area (Å²) in [6.07, 6.45) is -7.47. The van der Waals surface area contributed by atoms with Crippen molar-refractivity contribution in [1.82, 2.24) is 5.32 Å². The van der Waals surface area contributed by atoms with Gasteiger partial charge < -0.3 is 10.4 Å². The van der Waals surface area contributed by atoms with Gasteiger partial charge in [0.2, 0.25) is 0 Å². The van der Waals surface area contributed by atoms with Crippen LogP contribution in [0.2, 0.25) is 0 Å². The summed E-state index contributed by atoms with van der Waals surface area (Å²) in [5.74, 6) is -1.61. The van der Waals surface area contributed by atoms with Crippen LogP contribution in [-0.4, -0.2) is 29.8 Å². The number of rotatable bonds is 3. The Balaban J connectivity index is 2.69. The minimum absolute atomic E-state index is 0.149. The third kappa shape index (κ3) is 3.95. The highest BCUT2D eigenvalue weighted by Gasteiger charge is 2.38. The summed E-state index contributed by atoms with van der Waals surface area (Å²) < 4.78 is 49.0. The van der Waals surface area contributed by atoms with Crippen LogP contribution in [0.5, 0.6) is 0 Å². The molecule has 3 nitrogen and oxygen atoms in total. The second kappa shape index (κ2) is 5.66. The lowest BCUT2D eigenvalue weighted by Crippen LogP contribution is -2.40. The fourth-order valence-electron chi connectivity index (χ4n) is 1.07. The number of hydrogen-bond acceptors (Lipinski definition) is 2. The first-order valence-corrected chi connectivity index (χ1v) is 5.49. The summed E-state index contributed by atoms with van der Waals surface area (Å²) >= 11 is 2.97. The zero-order valence-corrected chi connectivity index (χ0v) is 10.3. The minimum atomic E-state index is -4.81. The Bertz CT molecular complexity index is 450. The summed E-state index contributed by atoms with van der Waals surface area (Å²) in [5, 5.41) is 10.5. The number of hydrogen-bond donors (Lipinski definition) is 2. The summed E-state index contributed by atoms with van der Waals surface area (Å²) in [5.41, 5.74) is -0.149. The molecule has 1 amide bonds. The average Bonchev–Trinajstić information content (AvgIpc) is 2.27. The highest BCUT2D eigenvalue weighted by Crippen LogP contribution is 2.20. The maximum Gasteiger partial charge on any atom is 0.416 e. The Labute approximate surface area is 108 Å². The predicted molar refractivity (Wildman–Crippen MR) is 58.5 cm³/mol. The lowest BCUT2D eigenvalue weighted by molar-refractivity contribution is -0.201. The molecule has 2 N–H and O–H groups in total. The summed E-state index contributed by atoms with van der Waals surface area (Å²) in [6, 6.07) is 3.22. The molecule has 0 spiro atoms. The Morgan fingerprint density at radius 1 is 1.44 bits per heavy atom. The summed E-state index contributed by atoms with van der Waals surface area (Å²) in [4.78, 5) is 11.5. The number of halogens is 5. The van der Waals surface area contributed by atoms with Crippen LogP contribution >= 0.6 is 15.9 Å². The Hall–Kier alpha value is -1.15. The lowest BCUT2D eigenvalue weighted by atomic mass is 10.2. The van der Waals surface area contributed by atoms with Gasteiger partial charge in [-0.05, 0) is 34.1 Å². The van der Waals surface area contributed by atoms with Gasteiger partial charge in [0.15, 0.2) is 6.10 Å². The van der Waals surface area contributed by atoms with Crippen LogP contribution < -0.4 is 5.32 Å². The molecule has 1 unspecified atom stereocenters. The number of amides is 1. The molecule has 18 heavy (non-hydrogen) atoms. The van der Waals surface area contributed by atoms with Gasteiger partial charge in [-0.25, -0.2) is 4.39 Å². The zero-order chi connectivity index (χ0) is 13.9. The van der Waals surface area contributed by atoms with Gasteiger partial charge in [0.25, 0.3) is 5.91 Å². The first kappa shape index (κ1) is 14.9. The first-order valence-electron chi connectivity index (χ1n) is 4.70. The van der Waals surface area contributed by atoms with Crippen molar-refractivity contribution in [3.05, 3.63) is 34.1 Å². The fourth-order valence-corrected chi connectivity index (χ4v) is 1.50. The van der Waals surface area contributed by atoms with Crippen molar-refractivity contribution in [3.8, 4) is 0 Å². The van der Waals surface area contributed by atoms with Crippen LogP contribution in [0.1, 0.15) is 10.4 Å². The predicted octanol–water partition coefficient (Wildman–Crippen LogP) is 2.24. The molecule has 0 saturated carbocycles. The molecule has 0 bridgehead atoms. The van der Waals surface area contributed by atoms with E-state index in [-0.39, 0.29) is 10.0 Å². The number of aliphatic hydroxyl groups is 1. The summed E-state index contributed by atoms with van der Waals surface area (Å²) in [7, 11) is 0. The maximum absolute atomic E-state index is 12.9. The number of nitrogens with one attached hydrogen (secondary N) is 1. The molecule has 1 rings (SSSR count). The number of aliphatic hydroxyl groups excluding tert-OH is 1. The molecule has 100 valence electrons. The number of alkyl halides is 3. The number of benzene rings is 1. The number of carbonyl (C=O) groups excluding carboxylic acids is 1. The van der Waals surface area contributed by atoms with E-state index in [0.29, 0.717) is 0 Å². The molecule has 0 fully saturated rings. The normalized spacial score (nSPS) is 13.2. The van der Waals surface area contributed by atoms with Gasteiger partial charge >= 0.3 is 6.18 Å². The summed E-state index contributed by atoms with van der Waals surface area (Å²) in [6.45, 7) is -0.995. The van der Waals surface area contributed by atoms with Crippen molar-refractivity contribution in [2.24, 2.45) is 0 Å². The molecule has 0 aliphatic heterocycles. The largest absolute Gasteiger partial charge is 0.416 e. The quantitative estimate of drug-likeness (QED) is 0.835. The molecule has 0 saturated heterocycles. The van der Waals surface area contributed by atoms with Gasteiger partial charge in [-0.1, -0.05) is 0 Å². The molecule has 0 aromatic heterocycles. The molecule has 1 aromatic rings. The van der Waals surface area contributed by atoms with Crippen molar-refractivity contribution in [1.29, 1.82) is 0 Å². The lowest BCUT2D eigenvalue weighted by Gasteiger charge is -2.15. The molecule has 8 heteroatoms. The van der Waals surface area contributed by atoms with Crippen LogP contribution in [0.3, 0.4) is 0 Å². The second-order valence-electron chi connectivity index (χ2n) is 3.39. The van der Waals surface area contributed by atoms with Gasteiger partial charge in [-0.15, -0.1) is 0 Å². The first-order chi connectivity index (χ1) is 8.21. The highest BCUT2D eigenvalue weighted by molar-refractivity contribution is 9.10. The highest BCUT2D eigenvalue weighted by atomic mass is 79.9. The molecular weight excluding hydrogens is 322 g/mol. The molecule has 0 aliphatic rings. The fraction of sp³-hybridized carbons (Fsp3) is 0.300. The van der Waals surface area contributed by atoms with Crippen LogP contribution in [0, 0.1) is 5.82 Å². The van der Waals surface area contributed by atoms with Crippen LogP contribution in [0.15, 0.2) is 22.7 Å². The third-order valence-corrected chi connectivity index (χ3v) is 2.70. The van der Waals surface area contributed by atoms with E-state index in [4.69, 9.17) is 5.11 Å². The van der Waals surface area contributed by atoms with E-state index in [1.807, 2.05) is 5.32 Å². The van der Waals surface area contributed by atoms with E-state index in [2.05, 4.69) is 15.9 Å². The smallest absolute Gasteiger partial charge is 0.382 e. The minimum Gasteiger partial charge on any atom is -0.382 e. The standard InChI is InChI=1S/C10H8BrF4NO2/c11-7-2-1-5(12)3-6(7)9(18)16-4-8(17)10(13,14)15/h1-3,8,17H,4H2,(H,16,18). The van der Waals surface area contributed by atoms with Crippen molar-refractivity contribution in [2.45, 2.75) is 12.3 Å². The van der Waals surface area contributed by atoms with Crippen molar-refractivity contribution in [2.75, 3.05) is 6.54 Å². The van der Waals surface area contributed by atoms with Crippen LogP contribution in [-0.2, 0) is 0 Å². The van der Waals surface area contributed by atoms with E-state index >= 15 is 0 Å². The van der Waals surface area contributed by atoms with E-state index in [1.165, 1.54) is 6.07 Å². The monoisotopic (exact) mass is 329 g/mol. The molecular formula is C10H8BrF4NO2. The van der Waals surface area contributed by atoms with Gasteiger partial charge in [-0.3, -0.25) is 4.79 Å². The SMILES string of the molecule is O=C(NCC(O)C(F)(F)F)c1cc(F)ccc1Br. The Kier molecular flexibility index (Phi) is 4.69. The van der Waals surface area contributed by atoms with Gasteiger partial charge in [-0.2, -0.15) is 13.2 Å². The van der Waals surface area contributed by atoms with Crippen LogP contribution in [0.4, 0.5) is 17.6 Å². The van der Waals surface area contributed by atoms with E-state index in [1.54, 1.807) is 0 Å². The zero-order valence-electron chi connectivity index (χ0n) is 8.76. The van der Waals surface area contributed by atoms with E-state index in [0.717, 1.165) is 12.1 Å². The van der Waals surface area contributed by atoms with Gasteiger partial charge in [0, 0.05) is 4.47 Å². The molecule has 0 radical (unpaired) electrons. The van der Waals surface area contributed by atoms with E-state index < -0.39 is 30.5 Å². The van der Waals surface area contributed by atoms with Crippen molar-refractivity contribution < 1.29 is 27.5 Å². The van der Waals surface area contributed by atoms with Crippen molar-refractivity contribution >= 4 is 21.8 Å². The molecule has 0 aliphatic carbocycles. The van der Waals surface area contributed by atoms with E-state index in [9.17, 15) is 22.4 Å². The Morgan fingerprint density at radius 3 is 2.61 bits per heavy atom. The molecule has 1 atom stereocenters. The average molecular weight is 330 g/mol. The van der Waals surface area contributed by atoms with Gasteiger partial charge in [0.05, 0.1) is 12.1 Å². The topological polar surface area (TPSA) is 49.3 Å². The van der Waals surface area contributed by atoms with Gasteiger partial charge in [0.1, 0.15) is 5.82 Å². The molecule has 0 heterocycles. The Morgan fingerprint density at radius 2 is 2.06 bits per heavy atom. The van der Waals surface area contributed by atoms with Crippen molar-refractivity contribution in [3.63, 3.8) is 0 Å².